The summed E-state index contributed by atoms with van der Waals surface area (Å²) in [7, 11) is 0. The number of fused-ring (bicyclic) bond motifs is 4. The molecule has 1 aromatic carbocycles. The highest BCUT2D eigenvalue weighted by atomic mass is 32.1. The van der Waals surface area contributed by atoms with Gasteiger partial charge in [0.05, 0.1) is 12.6 Å². The molecule has 2 fully saturated rings. The minimum absolute atomic E-state index is 0.0642. The Kier molecular flexibility index (Phi) is 4.26. The lowest BCUT2D eigenvalue weighted by molar-refractivity contribution is -0.150. The second-order valence-corrected chi connectivity index (χ2v) is 8.93. The van der Waals surface area contributed by atoms with Gasteiger partial charge in [0.2, 0.25) is 0 Å². The van der Waals surface area contributed by atoms with Crippen molar-refractivity contribution in [3.8, 4) is 5.75 Å². The van der Waals surface area contributed by atoms with Gasteiger partial charge in [-0.1, -0.05) is 12.1 Å². The van der Waals surface area contributed by atoms with Gasteiger partial charge >= 0.3 is 0 Å². The summed E-state index contributed by atoms with van der Waals surface area (Å²) in [5.41, 5.74) is 2.45. The number of aryl methyl sites for hydroxylation is 1. The van der Waals surface area contributed by atoms with Crippen LogP contribution in [0.2, 0.25) is 0 Å². The Bertz CT molecular complexity index is 768. The SMILES string of the molecule is Cc1ccc2c(c1)OC1(CCN(Cc3nccs3)CC1)[C@H]1CCCO[C@H]21. The first-order valence-corrected chi connectivity index (χ1v) is 10.6. The molecule has 0 radical (unpaired) electrons. The summed E-state index contributed by atoms with van der Waals surface area (Å²) in [5, 5.41) is 3.28. The molecule has 0 aliphatic carbocycles. The molecular formula is C21H26N2O2S. The fraction of sp³-hybridized carbons (Fsp3) is 0.571. The second-order valence-electron chi connectivity index (χ2n) is 7.95. The summed E-state index contributed by atoms with van der Waals surface area (Å²) in [4.78, 5) is 6.97. The molecule has 0 amide bonds. The van der Waals surface area contributed by atoms with Crippen molar-refractivity contribution in [2.75, 3.05) is 19.7 Å². The molecule has 5 rings (SSSR count). The van der Waals surface area contributed by atoms with Crippen molar-refractivity contribution in [2.45, 2.75) is 50.9 Å². The monoisotopic (exact) mass is 370 g/mol. The molecule has 0 N–H and O–H groups in total. The standard InChI is InChI=1S/C21H26N2O2S/c1-15-4-5-16-18(13-15)25-21(17-3-2-11-24-20(16)17)6-9-23(10-7-21)14-19-22-8-12-26-19/h4-5,8,12-13,17,20H,2-3,6-7,9-11,14H2,1H3/t17-,20+/m0/s1. The number of likely N-dealkylation sites (tertiary alicyclic amines) is 1. The Morgan fingerprint density at radius 2 is 2.19 bits per heavy atom. The molecule has 138 valence electrons. The maximum Gasteiger partial charge on any atom is 0.126 e. The zero-order chi connectivity index (χ0) is 17.6. The van der Waals surface area contributed by atoms with E-state index in [1.165, 1.54) is 22.6 Å². The smallest absolute Gasteiger partial charge is 0.126 e. The van der Waals surface area contributed by atoms with Gasteiger partial charge in [-0.3, -0.25) is 4.90 Å². The van der Waals surface area contributed by atoms with Gasteiger partial charge in [-0.2, -0.15) is 0 Å². The average Bonchev–Trinajstić information content (AvgIpc) is 3.17. The van der Waals surface area contributed by atoms with E-state index in [0.717, 1.165) is 51.3 Å². The molecule has 0 unspecified atom stereocenters. The van der Waals surface area contributed by atoms with Crippen molar-refractivity contribution in [3.63, 3.8) is 0 Å². The van der Waals surface area contributed by atoms with Crippen molar-refractivity contribution < 1.29 is 9.47 Å². The van der Waals surface area contributed by atoms with E-state index in [-0.39, 0.29) is 11.7 Å². The predicted molar refractivity (Wildman–Crippen MR) is 103 cm³/mol. The van der Waals surface area contributed by atoms with E-state index in [1.807, 2.05) is 6.20 Å². The number of rotatable bonds is 2. The van der Waals surface area contributed by atoms with Crippen molar-refractivity contribution in [2.24, 2.45) is 5.92 Å². The molecule has 2 saturated heterocycles. The van der Waals surface area contributed by atoms with Crippen LogP contribution in [0.5, 0.6) is 5.75 Å². The fourth-order valence-electron chi connectivity index (χ4n) is 4.97. The topological polar surface area (TPSA) is 34.6 Å². The molecule has 0 bridgehead atoms. The molecule has 26 heavy (non-hydrogen) atoms. The summed E-state index contributed by atoms with van der Waals surface area (Å²) in [6.45, 7) is 6.13. The molecule has 1 aromatic heterocycles. The van der Waals surface area contributed by atoms with Gasteiger partial charge in [-0.15, -0.1) is 11.3 Å². The number of nitrogens with zero attached hydrogens (tertiary/aromatic N) is 2. The van der Waals surface area contributed by atoms with Crippen LogP contribution in [0.15, 0.2) is 29.8 Å². The summed E-state index contributed by atoms with van der Waals surface area (Å²) in [6, 6.07) is 6.61. The Morgan fingerprint density at radius 3 is 3.00 bits per heavy atom. The predicted octanol–water partition coefficient (Wildman–Crippen LogP) is 4.35. The lowest BCUT2D eigenvalue weighted by atomic mass is 9.70. The number of piperidine rings is 1. The number of hydrogen-bond donors (Lipinski definition) is 0. The summed E-state index contributed by atoms with van der Waals surface area (Å²) in [5.74, 6) is 1.54. The molecule has 4 heterocycles. The van der Waals surface area contributed by atoms with Gasteiger partial charge in [0.1, 0.15) is 16.4 Å². The van der Waals surface area contributed by atoms with Crippen LogP contribution in [0.4, 0.5) is 0 Å². The van der Waals surface area contributed by atoms with Crippen LogP contribution in [0.3, 0.4) is 0 Å². The average molecular weight is 371 g/mol. The van der Waals surface area contributed by atoms with E-state index in [2.05, 4.69) is 40.4 Å². The highest BCUT2D eigenvalue weighted by Gasteiger charge is 2.52. The Labute approximate surface area is 159 Å². The molecule has 1 spiro atoms. The third kappa shape index (κ3) is 2.86. The van der Waals surface area contributed by atoms with Gasteiger partial charge in [0.25, 0.3) is 0 Å². The van der Waals surface area contributed by atoms with Crippen LogP contribution in [0.1, 0.15) is 47.9 Å². The largest absolute Gasteiger partial charge is 0.486 e. The molecule has 3 aliphatic heterocycles. The number of ether oxygens (including phenoxy) is 2. The van der Waals surface area contributed by atoms with Crippen LogP contribution in [-0.4, -0.2) is 35.2 Å². The molecule has 4 nitrogen and oxygen atoms in total. The van der Waals surface area contributed by atoms with Gasteiger partial charge in [-0.25, -0.2) is 4.98 Å². The number of hydrogen-bond acceptors (Lipinski definition) is 5. The first-order chi connectivity index (χ1) is 12.7. The maximum atomic E-state index is 6.77. The minimum atomic E-state index is -0.0642. The highest BCUT2D eigenvalue weighted by molar-refractivity contribution is 7.09. The fourth-order valence-corrected chi connectivity index (χ4v) is 5.63. The van der Waals surface area contributed by atoms with E-state index in [9.17, 15) is 0 Å². The van der Waals surface area contributed by atoms with Crippen LogP contribution in [0, 0.1) is 12.8 Å². The van der Waals surface area contributed by atoms with E-state index in [1.54, 1.807) is 11.3 Å². The van der Waals surface area contributed by atoms with Crippen molar-refractivity contribution in [3.05, 3.63) is 45.9 Å². The van der Waals surface area contributed by atoms with Gasteiger partial charge in [0.15, 0.2) is 0 Å². The minimum Gasteiger partial charge on any atom is -0.486 e. The summed E-state index contributed by atoms with van der Waals surface area (Å²) >= 11 is 1.75. The first kappa shape index (κ1) is 16.7. The zero-order valence-corrected chi connectivity index (χ0v) is 16.1. The van der Waals surface area contributed by atoms with Crippen LogP contribution >= 0.6 is 11.3 Å². The van der Waals surface area contributed by atoms with Gasteiger partial charge in [-0.05, 0) is 31.4 Å². The van der Waals surface area contributed by atoms with Crippen LogP contribution in [-0.2, 0) is 11.3 Å². The molecule has 0 saturated carbocycles. The normalized spacial score (nSPS) is 27.6. The van der Waals surface area contributed by atoms with E-state index in [0.29, 0.717) is 5.92 Å². The third-order valence-corrected chi connectivity index (χ3v) is 7.10. The van der Waals surface area contributed by atoms with E-state index in [4.69, 9.17) is 9.47 Å². The summed E-state index contributed by atoms with van der Waals surface area (Å²) in [6.07, 6.45) is 6.63. The molecule has 2 aromatic rings. The lowest BCUT2D eigenvalue weighted by Crippen LogP contribution is -2.57. The summed E-state index contributed by atoms with van der Waals surface area (Å²) < 4.78 is 13.1. The number of aromatic nitrogens is 1. The van der Waals surface area contributed by atoms with Gasteiger partial charge in [0, 0.05) is 55.6 Å². The van der Waals surface area contributed by atoms with Gasteiger partial charge < -0.3 is 9.47 Å². The zero-order valence-electron chi connectivity index (χ0n) is 15.3. The van der Waals surface area contributed by atoms with Crippen LogP contribution in [0.25, 0.3) is 0 Å². The molecule has 2 atom stereocenters. The van der Waals surface area contributed by atoms with Crippen LogP contribution < -0.4 is 4.74 Å². The molecule has 3 aliphatic rings. The Morgan fingerprint density at radius 1 is 1.31 bits per heavy atom. The first-order valence-electron chi connectivity index (χ1n) is 9.75. The van der Waals surface area contributed by atoms with Crippen molar-refractivity contribution in [1.29, 1.82) is 0 Å². The van der Waals surface area contributed by atoms with Crippen molar-refractivity contribution >= 4 is 11.3 Å². The highest BCUT2D eigenvalue weighted by Crippen LogP contribution is 2.53. The van der Waals surface area contributed by atoms with E-state index < -0.39 is 0 Å². The molecular weight excluding hydrogens is 344 g/mol. The third-order valence-electron chi connectivity index (χ3n) is 6.33. The second kappa shape index (κ2) is 6.63. The quantitative estimate of drug-likeness (QED) is 0.787. The van der Waals surface area contributed by atoms with Crippen molar-refractivity contribution in [1.82, 2.24) is 9.88 Å². The lowest BCUT2D eigenvalue weighted by Gasteiger charge is -2.53. The molecule has 5 heteroatoms. The van der Waals surface area contributed by atoms with E-state index >= 15 is 0 Å². The maximum absolute atomic E-state index is 6.77. The Balaban J connectivity index is 1.39. The number of benzene rings is 1. The Hall–Kier alpha value is -1.43. The number of thiazole rings is 1.